The first-order valence-corrected chi connectivity index (χ1v) is 10.3. The molecule has 4 nitrogen and oxygen atoms in total. The molecule has 2 amide bonds. The van der Waals surface area contributed by atoms with E-state index in [0.29, 0.717) is 5.56 Å². The summed E-state index contributed by atoms with van der Waals surface area (Å²) in [6.45, 7) is 7.02. The van der Waals surface area contributed by atoms with Crippen molar-refractivity contribution < 1.29 is 9.59 Å². The predicted octanol–water partition coefficient (Wildman–Crippen LogP) is 4.01. The molecule has 142 valence electrons. The molecule has 2 aromatic carbocycles. The monoisotopic (exact) mass is 382 g/mol. The number of thioether (sulfide) groups is 1. The molecular formula is C22H26N2O2S. The van der Waals surface area contributed by atoms with Crippen LogP contribution in [0.4, 0.5) is 5.69 Å². The van der Waals surface area contributed by atoms with E-state index in [2.05, 4.69) is 38.2 Å². The summed E-state index contributed by atoms with van der Waals surface area (Å²) in [4.78, 5) is 26.5. The maximum Gasteiger partial charge on any atom is 0.251 e. The van der Waals surface area contributed by atoms with Crippen LogP contribution in [0.25, 0.3) is 0 Å². The van der Waals surface area contributed by atoms with Crippen molar-refractivity contribution in [3.8, 4) is 0 Å². The van der Waals surface area contributed by atoms with Crippen molar-refractivity contribution in [1.82, 2.24) is 5.32 Å². The first kappa shape index (κ1) is 19.5. The first-order valence-electron chi connectivity index (χ1n) is 9.22. The van der Waals surface area contributed by atoms with Crippen LogP contribution in [-0.4, -0.2) is 30.7 Å². The van der Waals surface area contributed by atoms with Crippen LogP contribution in [-0.2, 0) is 10.5 Å². The molecule has 1 fully saturated rings. The van der Waals surface area contributed by atoms with Gasteiger partial charge >= 0.3 is 0 Å². The Labute approximate surface area is 165 Å². The Kier molecular flexibility index (Phi) is 5.90. The van der Waals surface area contributed by atoms with Gasteiger partial charge in [0.25, 0.3) is 5.91 Å². The van der Waals surface area contributed by atoms with Gasteiger partial charge in [0.2, 0.25) is 5.91 Å². The number of hydrogen-bond donors (Lipinski definition) is 1. The van der Waals surface area contributed by atoms with Crippen LogP contribution in [0.5, 0.6) is 0 Å². The van der Waals surface area contributed by atoms with Gasteiger partial charge in [-0.15, -0.1) is 11.8 Å². The maximum absolute atomic E-state index is 13.0. The number of anilines is 1. The van der Waals surface area contributed by atoms with Crippen LogP contribution >= 0.6 is 11.8 Å². The van der Waals surface area contributed by atoms with Gasteiger partial charge in [-0.05, 0) is 56.0 Å². The fraction of sp³-hybridized carbons (Fsp3) is 0.364. The van der Waals surface area contributed by atoms with Crippen molar-refractivity contribution in [1.29, 1.82) is 0 Å². The van der Waals surface area contributed by atoms with E-state index in [0.717, 1.165) is 41.1 Å². The Bertz CT molecular complexity index is 838. The van der Waals surface area contributed by atoms with Crippen LogP contribution in [0.1, 0.15) is 39.0 Å². The second-order valence-electron chi connectivity index (χ2n) is 7.10. The average molecular weight is 383 g/mol. The average Bonchev–Trinajstić information content (AvgIpc) is 2.99. The third kappa shape index (κ3) is 4.19. The molecule has 2 aromatic rings. The molecule has 5 heteroatoms. The molecule has 0 aliphatic carbocycles. The lowest BCUT2D eigenvalue weighted by atomic mass is 10.0. The summed E-state index contributed by atoms with van der Waals surface area (Å²) >= 11 is 1.69. The van der Waals surface area contributed by atoms with Gasteiger partial charge in [-0.1, -0.05) is 29.8 Å². The van der Waals surface area contributed by atoms with Crippen LogP contribution in [0.15, 0.2) is 36.4 Å². The van der Waals surface area contributed by atoms with Crippen molar-refractivity contribution >= 4 is 29.3 Å². The fourth-order valence-corrected chi connectivity index (χ4v) is 4.85. The Morgan fingerprint density at radius 2 is 1.78 bits per heavy atom. The molecule has 1 aliphatic heterocycles. The van der Waals surface area contributed by atoms with E-state index >= 15 is 0 Å². The summed E-state index contributed by atoms with van der Waals surface area (Å²) in [5.74, 6) is 0.890. The Hall–Kier alpha value is -2.27. The number of carbonyl (C=O) groups excluding carboxylic acids is 2. The second kappa shape index (κ2) is 8.17. The molecule has 0 saturated carbocycles. The summed E-state index contributed by atoms with van der Waals surface area (Å²) in [6.07, 6.45) is 0.868. The smallest absolute Gasteiger partial charge is 0.251 e. The van der Waals surface area contributed by atoms with E-state index in [1.54, 1.807) is 18.8 Å². The molecule has 0 bridgehead atoms. The van der Waals surface area contributed by atoms with Gasteiger partial charge in [-0.25, -0.2) is 0 Å². The minimum absolute atomic E-state index is 0.0104. The number of nitrogens with one attached hydrogen (secondary N) is 1. The number of rotatable bonds is 5. The predicted molar refractivity (Wildman–Crippen MR) is 113 cm³/mol. The van der Waals surface area contributed by atoms with E-state index in [1.165, 1.54) is 5.56 Å². The summed E-state index contributed by atoms with van der Waals surface area (Å²) in [5.41, 5.74) is 6.41. The van der Waals surface area contributed by atoms with Gasteiger partial charge < -0.3 is 10.2 Å². The highest BCUT2D eigenvalue weighted by Crippen LogP contribution is 2.34. The van der Waals surface area contributed by atoms with Gasteiger partial charge in [0, 0.05) is 30.6 Å². The van der Waals surface area contributed by atoms with Crippen molar-refractivity contribution in [2.24, 2.45) is 0 Å². The molecule has 0 radical (unpaired) electrons. The van der Waals surface area contributed by atoms with Crippen molar-refractivity contribution in [2.45, 2.75) is 38.2 Å². The molecule has 3 rings (SSSR count). The van der Waals surface area contributed by atoms with E-state index in [-0.39, 0.29) is 17.1 Å². The van der Waals surface area contributed by atoms with Crippen LogP contribution in [0, 0.1) is 20.8 Å². The van der Waals surface area contributed by atoms with Crippen LogP contribution < -0.4 is 10.2 Å². The SMILES string of the molecule is CNC(=O)c1ccc(CSC2CCN(c3c(C)cc(C)cc3C)C2=O)cc1. The van der Waals surface area contributed by atoms with Crippen molar-refractivity contribution in [3.05, 3.63) is 64.2 Å². The van der Waals surface area contributed by atoms with Gasteiger partial charge in [0.05, 0.1) is 5.25 Å². The molecule has 0 aromatic heterocycles. The number of benzene rings is 2. The topological polar surface area (TPSA) is 49.4 Å². The number of nitrogens with zero attached hydrogens (tertiary/aromatic N) is 1. The Balaban J connectivity index is 1.65. The zero-order chi connectivity index (χ0) is 19.6. The molecule has 1 atom stereocenters. The zero-order valence-electron chi connectivity index (χ0n) is 16.3. The van der Waals surface area contributed by atoms with Crippen LogP contribution in [0.2, 0.25) is 0 Å². The lowest BCUT2D eigenvalue weighted by molar-refractivity contribution is -0.116. The lowest BCUT2D eigenvalue weighted by Crippen LogP contribution is -2.29. The lowest BCUT2D eigenvalue weighted by Gasteiger charge is -2.22. The molecular weight excluding hydrogens is 356 g/mol. The number of amides is 2. The largest absolute Gasteiger partial charge is 0.355 e. The Morgan fingerprint density at radius 1 is 1.15 bits per heavy atom. The second-order valence-corrected chi connectivity index (χ2v) is 8.29. The summed E-state index contributed by atoms with van der Waals surface area (Å²) in [7, 11) is 1.63. The van der Waals surface area contributed by atoms with E-state index in [4.69, 9.17) is 0 Å². The minimum Gasteiger partial charge on any atom is -0.355 e. The fourth-order valence-electron chi connectivity index (χ4n) is 3.72. The van der Waals surface area contributed by atoms with Gasteiger partial charge in [0.1, 0.15) is 0 Å². The quantitative estimate of drug-likeness (QED) is 0.850. The zero-order valence-corrected chi connectivity index (χ0v) is 17.2. The standard InChI is InChI=1S/C22H26N2O2S/c1-14-11-15(2)20(16(3)12-14)24-10-9-19(22(24)26)27-13-17-5-7-18(8-6-17)21(25)23-4/h5-8,11-12,19H,9-10,13H2,1-4H3,(H,23,25). The maximum atomic E-state index is 13.0. The first-order chi connectivity index (χ1) is 12.9. The highest BCUT2D eigenvalue weighted by molar-refractivity contribution is 7.99. The third-order valence-corrected chi connectivity index (χ3v) is 6.30. The van der Waals surface area contributed by atoms with Crippen molar-refractivity contribution in [2.75, 3.05) is 18.5 Å². The Morgan fingerprint density at radius 3 is 2.37 bits per heavy atom. The highest BCUT2D eigenvalue weighted by Gasteiger charge is 2.34. The summed E-state index contributed by atoms with van der Waals surface area (Å²) in [5, 5.41) is 2.61. The number of hydrogen-bond acceptors (Lipinski definition) is 3. The molecule has 1 unspecified atom stereocenters. The van der Waals surface area contributed by atoms with Crippen LogP contribution in [0.3, 0.4) is 0 Å². The number of carbonyl (C=O) groups is 2. The molecule has 1 saturated heterocycles. The molecule has 1 heterocycles. The minimum atomic E-state index is -0.0837. The van der Waals surface area contributed by atoms with E-state index in [1.807, 2.05) is 29.2 Å². The molecule has 0 spiro atoms. The summed E-state index contributed by atoms with van der Waals surface area (Å²) < 4.78 is 0. The molecule has 27 heavy (non-hydrogen) atoms. The van der Waals surface area contributed by atoms with Crippen molar-refractivity contribution in [3.63, 3.8) is 0 Å². The highest BCUT2D eigenvalue weighted by atomic mass is 32.2. The summed E-state index contributed by atoms with van der Waals surface area (Å²) in [6, 6.07) is 11.9. The van der Waals surface area contributed by atoms with E-state index < -0.39 is 0 Å². The number of aryl methyl sites for hydroxylation is 3. The normalized spacial score (nSPS) is 16.7. The van der Waals surface area contributed by atoms with E-state index in [9.17, 15) is 9.59 Å². The van der Waals surface area contributed by atoms with Gasteiger partial charge in [-0.2, -0.15) is 0 Å². The van der Waals surface area contributed by atoms with Gasteiger partial charge in [0.15, 0.2) is 0 Å². The molecule has 1 aliphatic rings. The molecule has 1 N–H and O–H groups in total. The van der Waals surface area contributed by atoms with Gasteiger partial charge in [-0.3, -0.25) is 9.59 Å². The third-order valence-electron chi connectivity index (χ3n) is 4.96.